The van der Waals surface area contributed by atoms with Crippen LogP contribution < -0.4 is 10.1 Å². The number of benzene rings is 1. The molecule has 0 unspecified atom stereocenters. The van der Waals surface area contributed by atoms with Gasteiger partial charge >= 0.3 is 0 Å². The van der Waals surface area contributed by atoms with Crippen molar-refractivity contribution in [1.29, 1.82) is 0 Å². The van der Waals surface area contributed by atoms with Gasteiger partial charge in [-0.1, -0.05) is 11.6 Å². The van der Waals surface area contributed by atoms with Gasteiger partial charge < -0.3 is 10.1 Å². The van der Waals surface area contributed by atoms with Crippen molar-refractivity contribution < 1.29 is 13.5 Å². The van der Waals surface area contributed by atoms with Gasteiger partial charge in [-0.25, -0.2) is 13.8 Å². The predicted molar refractivity (Wildman–Crippen MR) is 63.0 cm³/mol. The van der Waals surface area contributed by atoms with Crippen LogP contribution in [0.1, 0.15) is 0 Å². The fourth-order valence-electron chi connectivity index (χ4n) is 1.20. The summed E-state index contributed by atoms with van der Waals surface area (Å²) in [4.78, 5) is 7.81. The summed E-state index contributed by atoms with van der Waals surface area (Å²) in [5.74, 6) is -1.51. The van der Waals surface area contributed by atoms with E-state index in [2.05, 4.69) is 15.3 Å². The molecule has 7 heteroatoms. The molecule has 0 atom stereocenters. The highest BCUT2D eigenvalue weighted by Gasteiger charge is 2.09. The molecule has 0 fully saturated rings. The van der Waals surface area contributed by atoms with E-state index < -0.39 is 11.6 Å². The van der Waals surface area contributed by atoms with Crippen LogP contribution in [0.25, 0.3) is 0 Å². The monoisotopic (exact) mass is 271 g/mol. The van der Waals surface area contributed by atoms with Gasteiger partial charge in [-0.3, -0.25) is 0 Å². The average molecular weight is 272 g/mol. The summed E-state index contributed by atoms with van der Waals surface area (Å²) in [5, 5.41) is 2.87. The van der Waals surface area contributed by atoms with E-state index >= 15 is 0 Å². The number of hydrogen-bond acceptors (Lipinski definition) is 4. The molecule has 4 nitrogen and oxygen atoms in total. The Kier molecular flexibility index (Phi) is 3.57. The van der Waals surface area contributed by atoms with Crippen LogP contribution in [-0.2, 0) is 0 Å². The van der Waals surface area contributed by atoms with Crippen LogP contribution in [0.4, 0.5) is 14.7 Å². The first-order chi connectivity index (χ1) is 8.60. The molecule has 1 heterocycles. The van der Waals surface area contributed by atoms with Gasteiger partial charge in [0.1, 0.15) is 10.8 Å². The topological polar surface area (TPSA) is 47.0 Å². The van der Waals surface area contributed by atoms with Crippen molar-refractivity contribution in [2.45, 2.75) is 0 Å². The first kappa shape index (κ1) is 12.5. The molecule has 0 aliphatic heterocycles. The minimum absolute atomic E-state index is 0.0574. The van der Waals surface area contributed by atoms with Crippen LogP contribution >= 0.6 is 11.6 Å². The predicted octanol–water partition coefficient (Wildman–Crippen LogP) is 3.24. The van der Waals surface area contributed by atoms with Crippen LogP contribution in [-0.4, -0.2) is 17.0 Å². The van der Waals surface area contributed by atoms with Crippen molar-refractivity contribution in [2.75, 3.05) is 12.4 Å². The number of aromatic nitrogens is 2. The van der Waals surface area contributed by atoms with Crippen molar-refractivity contribution in [2.24, 2.45) is 0 Å². The molecular weight excluding hydrogens is 264 g/mol. The maximum atomic E-state index is 13.0. The van der Waals surface area contributed by atoms with Crippen molar-refractivity contribution in [3.63, 3.8) is 0 Å². The maximum Gasteiger partial charge on any atom is 0.243 e. The Bertz CT molecular complexity index is 580. The normalized spacial score (nSPS) is 10.2. The van der Waals surface area contributed by atoms with Gasteiger partial charge in [-0.05, 0) is 12.1 Å². The molecule has 1 N–H and O–H groups in total. The van der Waals surface area contributed by atoms with E-state index in [9.17, 15) is 8.78 Å². The molecule has 2 aromatic rings. The SMILES string of the molecule is CNc1ncc(Cl)c(Oc2ccc(F)c(F)c2)n1. The molecule has 0 aliphatic rings. The third-order valence-electron chi connectivity index (χ3n) is 2.04. The quantitative estimate of drug-likeness (QED) is 0.931. The molecule has 1 aromatic carbocycles. The van der Waals surface area contributed by atoms with E-state index in [1.807, 2.05) is 0 Å². The second-order valence-electron chi connectivity index (χ2n) is 3.27. The van der Waals surface area contributed by atoms with Crippen LogP contribution in [0.3, 0.4) is 0 Å². The number of ether oxygens (including phenoxy) is 1. The fraction of sp³-hybridized carbons (Fsp3) is 0.0909. The zero-order valence-electron chi connectivity index (χ0n) is 9.25. The summed E-state index contributed by atoms with van der Waals surface area (Å²) in [6.45, 7) is 0. The third-order valence-corrected chi connectivity index (χ3v) is 2.30. The lowest BCUT2D eigenvalue weighted by Gasteiger charge is -2.07. The molecule has 0 aliphatic carbocycles. The summed E-state index contributed by atoms with van der Waals surface area (Å²) >= 11 is 5.83. The van der Waals surface area contributed by atoms with E-state index in [0.29, 0.717) is 5.95 Å². The third kappa shape index (κ3) is 2.65. The van der Waals surface area contributed by atoms with Gasteiger partial charge in [0.25, 0.3) is 0 Å². The van der Waals surface area contributed by atoms with Gasteiger partial charge in [0.2, 0.25) is 11.8 Å². The van der Waals surface area contributed by atoms with E-state index in [1.165, 1.54) is 12.3 Å². The summed E-state index contributed by atoms with van der Waals surface area (Å²) in [7, 11) is 1.63. The van der Waals surface area contributed by atoms with E-state index in [4.69, 9.17) is 16.3 Å². The minimum Gasteiger partial charge on any atom is -0.437 e. The molecule has 0 saturated carbocycles. The lowest BCUT2D eigenvalue weighted by Crippen LogP contribution is -1.98. The number of hydrogen-bond donors (Lipinski definition) is 1. The second kappa shape index (κ2) is 5.14. The fourth-order valence-corrected chi connectivity index (χ4v) is 1.33. The molecule has 1 aromatic heterocycles. The minimum atomic E-state index is -1.01. The highest BCUT2D eigenvalue weighted by molar-refractivity contribution is 6.31. The molecule has 0 amide bonds. The Labute approximate surface area is 107 Å². The Morgan fingerprint density at radius 1 is 1.28 bits per heavy atom. The number of nitrogens with zero attached hydrogens (tertiary/aromatic N) is 2. The lowest BCUT2D eigenvalue weighted by atomic mass is 10.3. The summed E-state index contributed by atoms with van der Waals surface area (Å²) in [5.41, 5.74) is 0. The van der Waals surface area contributed by atoms with Gasteiger partial charge in [0.15, 0.2) is 11.6 Å². The lowest BCUT2D eigenvalue weighted by molar-refractivity contribution is 0.447. The van der Waals surface area contributed by atoms with Gasteiger partial charge in [-0.15, -0.1) is 0 Å². The molecule has 0 spiro atoms. The zero-order valence-corrected chi connectivity index (χ0v) is 10.0. The molecular formula is C11H8ClF2N3O. The Morgan fingerprint density at radius 3 is 2.72 bits per heavy atom. The molecule has 18 heavy (non-hydrogen) atoms. The van der Waals surface area contributed by atoms with Gasteiger partial charge in [0.05, 0.1) is 6.20 Å². The van der Waals surface area contributed by atoms with Gasteiger partial charge in [0, 0.05) is 13.1 Å². The molecule has 2 rings (SSSR count). The Hall–Kier alpha value is -1.95. The van der Waals surface area contributed by atoms with Crippen molar-refractivity contribution >= 4 is 17.5 Å². The van der Waals surface area contributed by atoms with Crippen LogP contribution in [0.2, 0.25) is 5.02 Å². The Morgan fingerprint density at radius 2 is 2.06 bits per heavy atom. The van der Waals surface area contributed by atoms with Crippen LogP contribution in [0, 0.1) is 11.6 Å². The van der Waals surface area contributed by atoms with Crippen LogP contribution in [0.5, 0.6) is 11.6 Å². The number of rotatable bonds is 3. The number of anilines is 1. The standard InChI is InChI=1S/C11H8ClF2N3O/c1-15-11-16-5-7(12)10(17-11)18-6-2-3-8(13)9(14)4-6/h2-5H,1H3,(H,15,16,17). The summed E-state index contributed by atoms with van der Waals surface area (Å²) in [6, 6.07) is 3.14. The van der Waals surface area contributed by atoms with E-state index in [1.54, 1.807) is 7.05 Å². The van der Waals surface area contributed by atoms with Crippen molar-refractivity contribution in [1.82, 2.24) is 9.97 Å². The first-order valence-corrected chi connectivity index (χ1v) is 5.31. The van der Waals surface area contributed by atoms with Crippen LogP contribution in [0.15, 0.2) is 24.4 Å². The van der Waals surface area contributed by atoms with Gasteiger partial charge in [-0.2, -0.15) is 4.98 Å². The van der Waals surface area contributed by atoms with E-state index in [-0.39, 0.29) is 16.7 Å². The average Bonchev–Trinajstić information content (AvgIpc) is 2.36. The molecule has 0 saturated heterocycles. The number of nitrogens with one attached hydrogen (secondary N) is 1. The molecule has 0 bridgehead atoms. The molecule has 0 radical (unpaired) electrons. The second-order valence-corrected chi connectivity index (χ2v) is 3.68. The highest BCUT2D eigenvalue weighted by atomic mass is 35.5. The smallest absolute Gasteiger partial charge is 0.243 e. The highest BCUT2D eigenvalue weighted by Crippen LogP contribution is 2.28. The van der Waals surface area contributed by atoms with Crippen molar-refractivity contribution in [3.8, 4) is 11.6 Å². The maximum absolute atomic E-state index is 13.0. The largest absolute Gasteiger partial charge is 0.437 e. The number of halogens is 3. The summed E-state index contributed by atoms with van der Waals surface area (Å²) < 4.78 is 31.0. The Balaban J connectivity index is 2.30. The zero-order chi connectivity index (χ0) is 13.1. The van der Waals surface area contributed by atoms with E-state index in [0.717, 1.165) is 12.1 Å². The first-order valence-electron chi connectivity index (χ1n) is 4.93. The molecule has 94 valence electrons. The summed E-state index contributed by atoms with van der Waals surface area (Å²) in [6.07, 6.45) is 1.34. The van der Waals surface area contributed by atoms with Crippen molar-refractivity contribution in [3.05, 3.63) is 41.1 Å².